The smallest absolute Gasteiger partial charge is 0.100 e. The van der Waals surface area contributed by atoms with Crippen LogP contribution in [0.2, 0.25) is 0 Å². The highest BCUT2D eigenvalue weighted by atomic mass is 16.3. The highest BCUT2D eigenvalue weighted by molar-refractivity contribution is 5.36. The van der Waals surface area contributed by atoms with Crippen LogP contribution in [0.25, 0.3) is 0 Å². The first-order valence-electron chi connectivity index (χ1n) is 5.62. The summed E-state index contributed by atoms with van der Waals surface area (Å²) in [5.74, 6) is 0. The average Bonchev–Trinajstić information content (AvgIpc) is 2.74. The summed E-state index contributed by atoms with van der Waals surface area (Å²) in [5, 5.41) is 10.3. The number of allylic oxidation sites excluding steroid dienone is 1. The van der Waals surface area contributed by atoms with E-state index in [2.05, 4.69) is 38.1 Å². The zero-order valence-corrected chi connectivity index (χ0v) is 9.46. The van der Waals surface area contributed by atoms with Crippen LogP contribution in [0, 0.1) is 13.8 Å². The minimum atomic E-state index is -0.382. The maximum atomic E-state index is 10.3. The van der Waals surface area contributed by atoms with Crippen molar-refractivity contribution in [3.63, 3.8) is 0 Å². The molecule has 1 N–H and O–H groups in total. The van der Waals surface area contributed by atoms with Gasteiger partial charge in [0, 0.05) is 0 Å². The standard InChI is InChI=1S/C14H18O/c1-10-7-8-11(2)13(9-10)14(15)12-5-3-4-6-12/h5,7-9,14-15H,3-4,6H2,1-2H3. The van der Waals surface area contributed by atoms with Gasteiger partial charge in [-0.05, 0) is 49.8 Å². The second kappa shape index (κ2) is 4.19. The minimum absolute atomic E-state index is 0.382. The van der Waals surface area contributed by atoms with Crippen LogP contribution < -0.4 is 0 Å². The van der Waals surface area contributed by atoms with Crippen LogP contribution in [-0.2, 0) is 0 Å². The highest BCUT2D eigenvalue weighted by Crippen LogP contribution is 2.32. The van der Waals surface area contributed by atoms with Crippen molar-refractivity contribution in [3.05, 3.63) is 46.5 Å². The number of aliphatic hydroxyl groups excluding tert-OH is 1. The van der Waals surface area contributed by atoms with Gasteiger partial charge in [-0.25, -0.2) is 0 Å². The van der Waals surface area contributed by atoms with Gasteiger partial charge in [-0.2, -0.15) is 0 Å². The van der Waals surface area contributed by atoms with Crippen molar-refractivity contribution in [1.29, 1.82) is 0 Å². The summed E-state index contributed by atoms with van der Waals surface area (Å²) >= 11 is 0. The van der Waals surface area contributed by atoms with E-state index in [1.54, 1.807) is 0 Å². The SMILES string of the molecule is Cc1ccc(C)c(C(O)C2=CCCC2)c1. The zero-order chi connectivity index (χ0) is 10.8. The van der Waals surface area contributed by atoms with Gasteiger partial charge in [0.15, 0.2) is 0 Å². The number of benzene rings is 1. The highest BCUT2D eigenvalue weighted by Gasteiger charge is 2.17. The molecule has 0 saturated heterocycles. The number of rotatable bonds is 2. The molecule has 1 aliphatic carbocycles. The maximum Gasteiger partial charge on any atom is 0.100 e. The second-order valence-corrected chi connectivity index (χ2v) is 4.43. The maximum absolute atomic E-state index is 10.3. The Labute approximate surface area is 91.4 Å². The Bertz CT molecular complexity index is 390. The molecule has 1 aromatic carbocycles. The summed E-state index contributed by atoms with van der Waals surface area (Å²) in [6, 6.07) is 6.27. The molecule has 0 spiro atoms. The molecule has 0 heterocycles. The Morgan fingerprint density at radius 1 is 1.27 bits per heavy atom. The van der Waals surface area contributed by atoms with Crippen molar-refractivity contribution in [2.45, 2.75) is 39.2 Å². The van der Waals surface area contributed by atoms with Crippen molar-refractivity contribution in [2.75, 3.05) is 0 Å². The summed E-state index contributed by atoms with van der Waals surface area (Å²) in [7, 11) is 0. The number of hydrogen-bond donors (Lipinski definition) is 1. The lowest BCUT2D eigenvalue weighted by Crippen LogP contribution is -2.02. The first-order chi connectivity index (χ1) is 7.18. The molecule has 0 fully saturated rings. The van der Waals surface area contributed by atoms with E-state index in [4.69, 9.17) is 0 Å². The largest absolute Gasteiger partial charge is 0.384 e. The molecule has 2 rings (SSSR count). The van der Waals surface area contributed by atoms with E-state index in [1.165, 1.54) is 23.1 Å². The third kappa shape index (κ3) is 2.13. The fourth-order valence-electron chi connectivity index (χ4n) is 2.20. The van der Waals surface area contributed by atoms with Gasteiger partial charge in [-0.3, -0.25) is 0 Å². The summed E-state index contributed by atoms with van der Waals surface area (Å²) in [4.78, 5) is 0. The van der Waals surface area contributed by atoms with Crippen LogP contribution in [-0.4, -0.2) is 5.11 Å². The Hall–Kier alpha value is -1.08. The van der Waals surface area contributed by atoms with Gasteiger partial charge in [0.1, 0.15) is 6.10 Å². The Balaban J connectivity index is 2.31. The van der Waals surface area contributed by atoms with E-state index in [-0.39, 0.29) is 6.10 Å². The van der Waals surface area contributed by atoms with Crippen molar-refractivity contribution in [1.82, 2.24) is 0 Å². The quantitative estimate of drug-likeness (QED) is 0.728. The van der Waals surface area contributed by atoms with Crippen molar-refractivity contribution >= 4 is 0 Å². The Morgan fingerprint density at radius 3 is 2.73 bits per heavy atom. The molecule has 0 bridgehead atoms. The Kier molecular flexibility index (Phi) is 2.92. The molecule has 1 aliphatic rings. The molecule has 80 valence electrons. The fourth-order valence-corrected chi connectivity index (χ4v) is 2.20. The first kappa shape index (κ1) is 10.4. The van der Waals surface area contributed by atoms with Gasteiger partial charge in [0.05, 0.1) is 0 Å². The van der Waals surface area contributed by atoms with E-state index >= 15 is 0 Å². The molecule has 0 aliphatic heterocycles. The average molecular weight is 202 g/mol. The van der Waals surface area contributed by atoms with Gasteiger partial charge < -0.3 is 5.11 Å². The summed E-state index contributed by atoms with van der Waals surface area (Å²) in [6.07, 6.45) is 5.17. The molecule has 1 nitrogen and oxygen atoms in total. The number of hydrogen-bond acceptors (Lipinski definition) is 1. The predicted molar refractivity (Wildman–Crippen MR) is 62.8 cm³/mol. The van der Waals surface area contributed by atoms with Crippen LogP contribution in [0.3, 0.4) is 0 Å². The van der Waals surface area contributed by atoms with E-state index in [0.717, 1.165) is 18.4 Å². The molecular weight excluding hydrogens is 184 g/mol. The van der Waals surface area contributed by atoms with E-state index in [0.29, 0.717) is 0 Å². The van der Waals surface area contributed by atoms with Crippen LogP contribution in [0.1, 0.15) is 42.1 Å². The van der Waals surface area contributed by atoms with Crippen LogP contribution in [0.4, 0.5) is 0 Å². The lowest BCUT2D eigenvalue weighted by molar-refractivity contribution is 0.212. The molecular formula is C14H18O. The van der Waals surface area contributed by atoms with Gasteiger partial charge in [-0.1, -0.05) is 29.8 Å². The summed E-state index contributed by atoms with van der Waals surface area (Å²) in [5.41, 5.74) is 4.67. The molecule has 0 radical (unpaired) electrons. The van der Waals surface area contributed by atoms with Crippen molar-refractivity contribution < 1.29 is 5.11 Å². The lowest BCUT2D eigenvalue weighted by atomic mass is 9.95. The van der Waals surface area contributed by atoms with Gasteiger partial charge in [0.25, 0.3) is 0 Å². The fraction of sp³-hybridized carbons (Fsp3) is 0.429. The third-order valence-electron chi connectivity index (χ3n) is 3.16. The molecule has 1 aromatic rings. The normalized spacial score (nSPS) is 17.7. The van der Waals surface area contributed by atoms with Crippen molar-refractivity contribution in [2.24, 2.45) is 0 Å². The minimum Gasteiger partial charge on any atom is -0.384 e. The number of aliphatic hydroxyl groups is 1. The molecule has 0 amide bonds. The van der Waals surface area contributed by atoms with E-state index in [9.17, 15) is 5.11 Å². The monoisotopic (exact) mass is 202 g/mol. The lowest BCUT2D eigenvalue weighted by Gasteiger charge is -2.15. The van der Waals surface area contributed by atoms with Crippen molar-refractivity contribution in [3.8, 4) is 0 Å². The van der Waals surface area contributed by atoms with Crippen LogP contribution in [0.5, 0.6) is 0 Å². The molecule has 1 heteroatoms. The Morgan fingerprint density at radius 2 is 2.07 bits per heavy atom. The second-order valence-electron chi connectivity index (χ2n) is 4.43. The zero-order valence-electron chi connectivity index (χ0n) is 9.46. The summed E-state index contributed by atoms with van der Waals surface area (Å²) in [6.45, 7) is 4.13. The molecule has 15 heavy (non-hydrogen) atoms. The van der Waals surface area contributed by atoms with Gasteiger partial charge >= 0.3 is 0 Å². The van der Waals surface area contributed by atoms with Gasteiger partial charge in [-0.15, -0.1) is 0 Å². The predicted octanol–water partition coefficient (Wildman–Crippen LogP) is 3.45. The van der Waals surface area contributed by atoms with Crippen LogP contribution >= 0.6 is 0 Å². The van der Waals surface area contributed by atoms with E-state index in [1.807, 2.05) is 0 Å². The first-order valence-corrected chi connectivity index (χ1v) is 5.62. The van der Waals surface area contributed by atoms with E-state index < -0.39 is 0 Å². The number of aryl methyl sites for hydroxylation is 2. The summed E-state index contributed by atoms with van der Waals surface area (Å²) < 4.78 is 0. The van der Waals surface area contributed by atoms with Crippen LogP contribution in [0.15, 0.2) is 29.8 Å². The topological polar surface area (TPSA) is 20.2 Å². The third-order valence-corrected chi connectivity index (χ3v) is 3.16. The van der Waals surface area contributed by atoms with Gasteiger partial charge in [0.2, 0.25) is 0 Å². The molecule has 0 aromatic heterocycles. The molecule has 0 saturated carbocycles. The molecule has 1 atom stereocenters. The molecule has 1 unspecified atom stereocenters.